The van der Waals surface area contributed by atoms with Crippen molar-refractivity contribution in [2.24, 2.45) is 0 Å². The van der Waals surface area contributed by atoms with Gasteiger partial charge in [0.1, 0.15) is 11.9 Å². The minimum absolute atomic E-state index is 0.00130. The molecule has 3 aliphatic rings. The minimum Gasteiger partial charge on any atom is -0.340 e. The summed E-state index contributed by atoms with van der Waals surface area (Å²) in [6, 6.07) is 13.6. The van der Waals surface area contributed by atoms with Crippen molar-refractivity contribution in [2.45, 2.75) is 50.1 Å². The molecule has 1 aromatic carbocycles. The lowest BCUT2D eigenvalue weighted by Gasteiger charge is -2.43. The van der Waals surface area contributed by atoms with E-state index in [4.69, 9.17) is 0 Å². The molecule has 4 atom stereocenters. The molecule has 1 fully saturated rings. The SMILES string of the molecule is CC1C(c2ccccc2)CC2NC(=O)c3cnc4c(c3)CC(C4)c3cc(cnc3NC=O)/C=C/CN(C)CCN(C)CCN1C2=O. The van der Waals surface area contributed by atoms with Crippen LogP contribution < -0.4 is 10.6 Å². The molecule has 240 valence electrons. The van der Waals surface area contributed by atoms with E-state index in [1.807, 2.05) is 29.2 Å². The van der Waals surface area contributed by atoms with Gasteiger partial charge in [-0.05, 0) is 80.6 Å². The minimum atomic E-state index is -0.637. The second-order valence-electron chi connectivity index (χ2n) is 12.9. The van der Waals surface area contributed by atoms with Crippen molar-refractivity contribution in [3.63, 3.8) is 0 Å². The van der Waals surface area contributed by atoms with Crippen LogP contribution in [0.4, 0.5) is 5.82 Å². The fraction of sp³-hybridized carbons (Fsp3) is 0.417. The van der Waals surface area contributed by atoms with Gasteiger partial charge in [0.2, 0.25) is 12.3 Å². The Balaban J connectivity index is 1.32. The lowest BCUT2D eigenvalue weighted by molar-refractivity contribution is -0.139. The summed E-state index contributed by atoms with van der Waals surface area (Å²) in [4.78, 5) is 54.8. The van der Waals surface area contributed by atoms with Crippen LogP contribution in [0.1, 0.15) is 63.5 Å². The smallest absolute Gasteiger partial charge is 0.253 e. The number of hydrogen-bond acceptors (Lipinski definition) is 7. The third-order valence-electron chi connectivity index (χ3n) is 9.79. The number of piperidine rings is 1. The Hall–Kier alpha value is -4.41. The predicted octanol–water partition coefficient (Wildman–Crippen LogP) is 3.32. The number of carbonyl (C=O) groups is 3. The van der Waals surface area contributed by atoms with Crippen molar-refractivity contribution in [1.29, 1.82) is 0 Å². The molecule has 0 saturated carbocycles. The van der Waals surface area contributed by atoms with E-state index in [0.717, 1.165) is 48.6 Å². The standard InChI is InChI=1S/C36H43N7O3/c1-24-30(26-9-5-4-6-10-26)20-33-36(46)43(24)15-14-42(3)13-12-41(2)11-7-8-25-16-31(34(38-21-25)39-23-44)27-17-28-18-29(35(45)40-33)22-37-32(28)19-27/h4-10,16,18,21-24,27,30,33H,11-15,17,19-20H2,1-3H3,(H,40,45)(H,38,39,44)/b8-7+. The van der Waals surface area contributed by atoms with Crippen LogP contribution in [0.15, 0.2) is 60.9 Å². The molecule has 10 heteroatoms. The largest absolute Gasteiger partial charge is 0.340 e. The van der Waals surface area contributed by atoms with Gasteiger partial charge in [-0.1, -0.05) is 42.5 Å². The molecule has 1 aliphatic carbocycles. The number of fused-ring (bicyclic) bond motifs is 7. The molecule has 7 bridgehead atoms. The van der Waals surface area contributed by atoms with Gasteiger partial charge < -0.3 is 25.3 Å². The summed E-state index contributed by atoms with van der Waals surface area (Å²) in [6.45, 7) is 5.94. The van der Waals surface area contributed by atoms with Gasteiger partial charge in [-0.3, -0.25) is 19.4 Å². The molecule has 3 aromatic rings. The van der Waals surface area contributed by atoms with Gasteiger partial charge in [-0.25, -0.2) is 4.98 Å². The number of rotatable bonds is 3. The van der Waals surface area contributed by atoms with Gasteiger partial charge in [-0.2, -0.15) is 0 Å². The molecule has 2 aromatic heterocycles. The first-order chi connectivity index (χ1) is 22.3. The first kappa shape index (κ1) is 31.6. The van der Waals surface area contributed by atoms with Gasteiger partial charge in [0.25, 0.3) is 5.91 Å². The van der Waals surface area contributed by atoms with E-state index in [-0.39, 0.29) is 29.7 Å². The van der Waals surface area contributed by atoms with Crippen LogP contribution in [0.25, 0.3) is 6.08 Å². The number of nitrogens with zero attached hydrogens (tertiary/aromatic N) is 5. The fourth-order valence-corrected chi connectivity index (χ4v) is 7.04. The Kier molecular flexibility index (Phi) is 9.56. The predicted molar refractivity (Wildman–Crippen MR) is 179 cm³/mol. The number of aromatic nitrogens is 2. The first-order valence-electron chi connectivity index (χ1n) is 16.2. The van der Waals surface area contributed by atoms with Gasteiger partial charge >= 0.3 is 0 Å². The molecule has 0 spiro atoms. The van der Waals surface area contributed by atoms with Crippen molar-refractivity contribution < 1.29 is 14.4 Å². The van der Waals surface area contributed by atoms with Gasteiger partial charge in [0, 0.05) is 62.8 Å². The average Bonchev–Trinajstić information content (AvgIpc) is 3.49. The molecular weight excluding hydrogens is 578 g/mol. The molecule has 4 heterocycles. The summed E-state index contributed by atoms with van der Waals surface area (Å²) >= 11 is 0. The summed E-state index contributed by atoms with van der Waals surface area (Å²) < 4.78 is 0. The van der Waals surface area contributed by atoms with Crippen LogP contribution in [0, 0.1) is 0 Å². The van der Waals surface area contributed by atoms with Gasteiger partial charge in [0.15, 0.2) is 0 Å². The average molecular weight is 622 g/mol. The van der Waals surface area contributed by atoms with Crippen molar-refractivity contribution in [1.82, 2.24) is 30.0 Å². The van der Waals surface area contributed by atoms with Crippen molar-refractivity contribution in [3.8, 4) is 0 Å². The third kappa shape index (κ3) is 6.88. The van der Waals surface area contributed by atoms with Crippen LogP contribution in [0.5, 0.6) is 0 Å². The molecule has 4 unspecified atom stereocenters. The number of hydrogen-bond donors (Lipinski definition) is 2. The molecule has 2 N–H and O–H groups in total. The highest BCUT2D eigenvalue weighted by Gasteiger charge is 2.41. The summed E-state index contributed by atoms with van der Waals surface area (Å²) in [5, 5.41) is 5.85. The van der Waals surface area contributed by atoms with Gasteiger partial charge in [-0.15, -0.1) is 0 Å². The molecular formula is C36H43N7O3. The number of nitrogens with one attached hydrogen (secondary N) is 2. The first-order valence-corrected chi connectivity index (χ1v) is 16.2. The molecule has 1 saturated heterocycles. The maximum atomic E-state index is 13.9. The van der Waals surface area contributed by atoms with E-state index in [2.05, 4.69) is 81.8 Å². The third-order valence-corrected chi connectivity index (χ3v) is 9.79. The van der Waals surface area contributed by atoms with Crippen LogP contribution in [-0.4, -0.2) is 102 Å². The highest BCUT2D eigenvalue weighted by molar-refractivity contribution is 5.98. The Morgan fingerprint density at radius 2 is 1.74 bits per heavy atom. The number of anilines is 1. The lowest BCUT2D eigenvalue weighted by Crippen LogP contribution is -2.59. The lowest BCUT2D eigenvalue weighted by atomic mass is 9.81. The van der Waals surface area contributed by atoms with Crippen molar-refractivity contribution in [3.05, 3.63) is 94.4 Å². The molecule has 10 nitrogen and oxygen atoms in total. The molecule has 46 heavy (non-hydrogen) atoms. The normalized spacial score (nSPS) is 25.3. The van der Waals surface area contributed by atoms with Crippen LogP contribution in [-0.2, 0) is 22.4 Å². The second kappa shape index (κ2) is 13.9. The molecule has 6 rings (SSSR count). The number of benzene rings is 1. The zero-order chi connectivity index (χ0) is 32.2. The molecule has 2 aliphatic heterocycles. The van der Waals surface area contributed by atoms with Crippen LogP contribution in [0.3, 0.4) is 0 Å². The van der Waals surface area contributed by atoms with Crippen molar-refractivity contribution >= 4 is 30.1 Å². The monoisotopic (exact) mass is 621 g/mol. The molecule has 0 radical (unpaired) electrons. The summed E-state index contributed by atoms with van der Waals surface area (Å²) in [7, 11) is 4.19. The highest BCUT2D eigenvalue weighted by atomic mass is 16.2. The maximum absolute atomic E-state index is 13.9. The van der Waals surface area contributed by atoms with Crippen LogP contribution in [0.2, 0.25) is 0 Å². The van der Waals surface area contributed by atoms with E-state index in [1.165, 1.54) is 5.56 Å². The number of carbonyl (C=O) groups excluding carboxylic acids is 3. The Morgan fingerprint density at radius 3 is 2.54 bits per heavy atom. The van der Waals surface area contributed by atoms with E-state index in [1.54, 1.807) is 12.4 Å². The van der Waals surface area contributed by atoms with E-state index in [0.29, 0.717) is 43.6 Å². The zero-order valence-electron chi connectivity index (χ0n) is 26.9. The van der Waals surface area contributed by atoms with E-state index < -0.39 is 6.04 Å². The number of pyridine rings is 2. The van der Waals surface area contributed by atoms with Crippen molar-refractivity contribution in [2.75, 3.05) is 52.1 Å². The number of likely N-dealkylation sites (N-methyl/N-ethyl adjacent to an activating group) is 2. The van der Waals surface area contributed by atoms with Crippen LogP contribution >= 0.6 is 0 Å². The topological polar surface area (TPSA) is 111 Å². The van der Waals surface area contributed by atoms with E-state index in [9.17, 15) is 14.4 Å². The molecule has 3 amide bonds. The summed E-state index contributed by atoms with van der Waals surface area (Å²) in [5.74, 6) is 0.359. The fourth-order valence-electron chi connectivity index (χ4n) is 7.04. The number of amides is 3. The Bertz CT molecular complexity index is 1610. The zero-order valence-corrected chi connectivity index (χ0v) is 26.9. The Labute approximate surface area is 270 Å². The second-order valence-corrected chi connectivity index (χ2v) is 12.9. The summed E-state index contributed by atoms with van der Waals surface area (Å²) in [6.07, 6.45) is 10.1. The highest BCUT2D eigenvalue weighted by Crippen LogP contribution is 2.37. The summed E-state index contributed by atoms with van der Waals surface area (Å²) in [5.41, 5.74) is 5.46. The van der Waals surface area contributed by atoms with Gasteiger partial charge in [0.05, 0.1) is 5.56 Å². The quantitative estimate of drug-likeness (QED) is 0.432. The maximum Gasteiger partial charge on any atom is 0.253 e. The Morgan fingerprint density at radius 1 is 0.957 bits per heavy atom. The van der Waals surface area contributed by atoms with E-state index >= 15 is 0 Å².